The second-order valence-corrected chi connectivity index (χ2v) is 2.42. The van der Waals surface area contributed by atoms with Gasteiger partial charge in [0, 0.05) is 0 Å². The lowest BCUT2D eigenvalue weighted by Gasteiger charge is -1.98. The molecule has 0 unspecified atom stereocenters. The summed E-state index contributed by atoms with van der Waals surface area (Å²) in [6.45, 7) is 2.98. The van der Waals surface area contributed by atoms with E-state index >= 15 is 0 Å². The first kappa shape index (κ1) is 14.3. The topological polar surface area (TPSA) is 144 Å². The van der Waals surface area contributed by atoms with Crippen LogP contribution in [0.5, 0.6) is 0 Å². The number of hydrogen-bond donors (Lipinski definition) is 5. The van der Waals surface area contributed by atoms with Gasteiger partial charge in [-0.15, -0.1) is 0 Å². The Hall–Kier alpha value is -1.18. The van der Waals surface area contributed by atoms with Crippen LogP contribution in [0.1, 0.15) is 13.8 Å². The number of rotatable bonds is 2. The molecule has 0 fully saturated rings. The molecule has 0 rings (SSSR count). The zero-order valence-electron chi connectivity index (χ0n) is 7.65. The molecule has 0 aromatic rings. The summed E-state index contributed by atoms with van der Waals surface area (Å²) >= 11 is 0. The molecule has 0 heterocycles. The molecule has 7 nitrogen and oxygen atoms in total. The highest BCUT2D eigenvalue weighted by Crippen LogP contribution is 1.68. The van der Waals surface area contributed by atoms with Crippen molar-refractivity contribution in [2.45, 2.75) is 25.9 Å². The first-order valence-corrected chi connectivity index (χ1v) is 3.57. The van der Waals surface area contributed by atoms with Gasteiger partial charge in [0.1, 0.15) is 6.04 Å². The van der Waals surface area contributed by atoms with Crippen molar-refractivity contribution >= 4 is 11.9 Å². The molecule has 2 atom stereocenters. The molecule has 0 aliphatic carbocycles. The van der Waals surface area contributed by atoms with Crippen LogP contribution in [-0.4, -0.2) is 29.1 Å². The largest absolute Gasteiger partial charge is 0.480 e. The van der Waals surface area contributed by atoms with E-state index in [1.807, 2.05) is 5.43 Å². The Balaban J connectivity index is 0. The van der Waals surface area contributed by atoms with Crippen molar-refractivity contribution in [1.29, 1.82) is 0 Å². The van der Waals surface area contributed by atoms with Crippen LogP contribution in [0.15, 0.2) is 0 Å². The molecule has 7 heteroatoms. The Morgan fingerprint density at radius 3 is 1.54 bits per heavy atom. The van der Waals surface area contributed by atoms with Crippen LogP contribution in [-0.2, 0) is 9.59 Å². The summed E-state index contributed by atoms with van der Waals surface area (Å²) in [6.07, 6.45) is 0. The zero-order chi connectivity index (χ0) is 11.0. The molecule has 8 N–H and O–H groups in total. The van der Waals surface area contributed by atoms with Crippen LogP contribution in [0.25, 0.3) is 0 Å². The van der Waals surface area contributed by atoms with Gasteiger partial charge in [-0.3, -0.25) is 15.0 Å². The first-order valence-electron chi connectivity index (χ1n) is 3.57. The van der Waals surface area contributed by atoms with Gasteiger partial charge >= 0.3 is 5.97 Å². The first-order chi connectivity index (χ1) is 5.82. The minimum absolute atomic E-state index is 0.347. The van der Waals surface area contributed by atoms with Crippen molar-refractivity contribution in [1.82, 2.24) is 5.43 Å². The van der Waals surface area contributed by atoms with Gasteiger partial charge in [0.05, 0.1) is 6.04 Å². The van der Waals surface area contributed by atoms with E-state index in [-0.39, 0.29) is 5.91 Å². The second kappa shape index (κ2) is 7.47. The predicted octanol–water partition coefficient (Wildman–Crippen LogP) is -2.26. The van der Waals surface area contributed by atoms with Crippen LogP contribution < -0.4 is 22.7 Å². The number of hydrazine groups is 1. The lowest BCUT2D eigenvalue weighted by atomic mass is 10.4. The Bertz CT molecular complexity index is 169. The average molecular weight is 192 g/mol. The Morgan fingerprint density at radius 1 is 1.23 bits per heavy atom. The Labute approximate surface area is 76.2 Å². The van der Waals surface area contributed by atoms with Crippen molar-refractivity contribution in [2.75, 3.05) is 0 Å². The van der Waals surface area contributed by atoms with Gasteiger partial charge in [-0.05, 0) is 13.8 Å². The van der Waals surface area contributed by atoms with E-state index in [0.29, 0.717) is 0 Å². The number of nitrogens with two attached hydrogens (primary N) is 3. The fraction of sp³-hybridized carbons (Fsp3) is 0.667. The molecule has 0 saturated heterocycles. The molecule has 0 bridgehead atoms. The number of carboxylic acids is 1. The van der Waals surface area contributed by atoms with Gasteiger partial charge in [-0.2, -0.15) is 0 Å². The fourth-order valence-electron chi connectivity index (χ4n) is 0.131. The second-order valence-electron chi connectivity index (χ2n) is 2.42. The number of carbonyl (C=O) groups is 2. The molecule has 0 aliphatic heterocycles. The number of carboxylic acid groups (broad SMARTS) is 1. The van der Waals surface area contributed by atoms with E-state index in [9.17, 15) is 9.59 Å². The molecule has 78 valence electrons. The third kappa shape index (κ3) is 10.8. The number of nitrogens with one attached hydrogen (secondary N) is 1. The maximum atomic E-state index is 10.2. The Kier molecular flexibility index (Phi) is 8.24. The summed E-state index contributed by atoms with van der Waals surface area (Å²) in [4.78, 5) is 19.7. The van der Waals surface area contributed by atoms with Gasteiger partial charge < -0.3 is 16.6 Å². The molecule has 0 aromatic heterocycles. The highest BCUT2D eigenvalue weighted by molar-refractivity contribution is 5.80. The molecule has 1 amide bonds. The Morgan fingerprint density at radius 2 is 1.54 bits per heavy atom. The van der Waals surface area contributed by atoms with Gasteiger partial charge in [0.2, 0.25) is 5.91 Å². The van der Waals surface area contributed by atoms with Crippen molar-refractivity contribution < 1.29 is 14.7 Å². The standard InChI is InChI=1S/C3H9N3O.C3H7NO2/c1-2(4)3(7)6-5;1-2(4)3(5)6/h2H,4-5H2,1H3,(H,6,7);2H,4H2,1H3,(H,5,6)/t2*2-/m00/s1. The molecule has 0 aliphatic rings. The van der Waals surface area contributed by atoms with E-state index in [1.54, 1.807) is 6.92 Å². The lowest BCUT2D eigenvalue weighted by Crippen LogP contribution is -2.41. The minimum atomic E-state index is -0.963. The fourth-order valence-corrected chi connectivity index (χ4v) is 0.131. The molecule has 0 aromatic carbocycles. The van der Waals surface area contributed by atoms with E-state index in [2.05, 4.69) is 0 Å². The molecule has 0 radical (unpaired) electrons. The maximum Gasteiger partial charge on any atom is 0.320 e. The van der Waals surface area contributed by atoms with Gasteiger partial charge in [-0.1, -0.05) is 0 Å². The van der Waals surface area contributed by atoms with E-state index < -0.39 is 18.1 Å². The quantitative estimate of drug-likeness (QED) is 0.190. The monoisotopic (exact) mass is 192 g/mol. The number of carbonyl (C=O) groups excluding carboxylic acids is 1. The summed E-state index contributed by atoms with van der Waals surface area (Å²) in [5, 5.41) is 7.87. The van der Waals surface area contributed by atoms with E-state index in [1.165, 1.54) is 6.92 Å². The van der Waals surface area contributed by atoms with Crippen LogP contribution in [0.4, 0.5) is 0 Å². The van der Waals surface area contributed by atoms with Gasteiger partial charge in [0.15, 0.2) is 0 Å². The van der Waals surface area contributed by atoms with Crippen LogP contribution in [0.3, 0.4) is 0 Å². The van der Waals surface area contributed by atoms with Crippen molar-refractivity contribution in [3.63, 3.8) is 0 Å². The summed E-state index contributed by atoms with van der Waals surface area (Å²) in [7, 11) is 0. The number of aliphatic carboxylic acids is 1. The molecule has 0 spiro atoms. The molecular weight excluding hydrogens is 176 g/mol. The number of amides is 1. The zero-order valence-corrected chi connectivity index (χ0v) is 7.65. The highest BCUT2D eigenvalue weighted by Gasteiger charge is 2.01. The van der Waals surface area contributed by atoms with E-state index in [4.69, 9.17) is 22.4 Å². The summed E-state index contributed by atoms with van der Waals surface area (Å²) in [5.41, 5.74) is 11.8. The minimum Gasteiger partial charge on any atom is -0.480 e. The normalized spacial score (nSPS) is 13.3. The molecule has 0 saturated carbocycles. The van der Waals surface area contributed by atoms with Crippen molar-refractivity contribution in [3.8, 4) is 0 Å². The molecular formula is C6H16N4O3. The summed E-state index contributed by atoms with van der Waals surface area (Å²) in [5.74, 6) is 3.38. The third-order valence-corrected chi connectivity index (χ3v) is 0.945. The predicted molar refractivity (Wildman–Crippen MR) is 47.3 cm³/mol. The van der Waals surface area contributed by atoms with Gasteiger partial charge in [0.25, 0.3) is 0 Å². The summed E-state index contributed by atoms with van der Waals surface area (Å²) in [6, 6.07) is -1.24. The van der Waals surface area contributed by atoms with Crippen LogP contribution in [0, 0.1) is 0 Å². The van der Waals surface area contributed by atoms with Crippen molar-refractivity contribution in [3.05, 3.63) is 0 Å². The van der Waals surface area contributed by atoms with Crippen LogP contribution in [0.2, 0.25) is 0 Å². The summed E-state index contributed by atoms with van der Waals surface area (Å²) < 4.78 is 0. The maximum absolute atomic E-state index is 10.2. The molecule has 13 heavy (non-hydrogen) atoms. The third-order valence-electron chi connectivity index (χ3n) is 0.945. The SMILES string of the molecule is C[C@H](N)C(=O)NN.C[C@H](N)C(=O)O. The smallest absolute Gasteiger partial charge is 0.320 e. The van der Waals surface area contributed by atoms with Crippen molar-refractivity contribution in [2.24, 2.45) is 17.3 Å². The highest BCUT2D eigenvalue weighted by atomic mass is 16.4. The number of hydrogen-bond acceptors (Lipinski definition) is 5. The average Bonchev–Trinajstić information content (AvgIpc) is 2.03. The van der Waals surface area contributed by atoms with Crippen LogP contribution >= 0.6 is 0 Å². The van der Waals surface area contributed by atoms with Gasteiger partial charge in [-0.25, -0.2) is 5.84 Å². The van der Waals surface area contributed by atoms with E-state index in [0.717, 1.165) is 0 Å². The lowest BCUT2D eigenvalue weighted by molar-refractivity contribution is -0.138.